The molecular formula is C8H12N4O4. The van der Waals surface area contributed by atoms with Crippen LogP contribution in [0.2, 0.25) is 0 Å². The fourth-order valence-corrected chi connectivity index (χ4v) is 0.843. The number of carboxylic acids is 1. The van der Waals surface area contributed by atoms with Crippen LogP contribution in [0.3, 0.4) is 0 Å². The van der Waals surface area contributed by atoms with Gasteiger partial charge in [-0.25, -0.2) is 15.3 Å². The van der Waals surface area contributed by atoms with Crippen LogP contribution in [0.1, 0.15) is 36.2 Å². The van der Waals surface area contributed by atoms with Crippen LogP contribution in [-0.4, -0.2) is 38.8 Å². The number of nitrogens with zero attached hydrogens (tertiary/aromatic N) is 2. The van der Waals surface area contributed by atoms with Crippen molar-refractivity contribution in [2.24, 2.45) is 0 Å². The maximum absolute atomic E-state index is 11.3. The Morgan fingerprint density at radius 2 is 2.25 bits per heavy atom. The molecule has 1 amide bonds. The van der Waals surface area contributed by atoms with Crippen LogP contribution < -0.4 is 5.48 Å². The number of amides is 1. The van der Waals surface area contributed by atoms with Crippen molar-refractivity contribution in [1.82, 2.24) is 20.7 Å². The van der Waals surface area contributed by atoms with Crippen molar-refractivity contribution in [1.29, 1.82) is 0 Å². The highest BCUT2D eigenvalue weighted by Gasteiger charge is 2.14. The topological polar surface area (TPSA) is 117 Å². The van der Waals surface area contributed by atoms with Gasteiger partial charge in [0.1, 0.15) is 5.82 Å². The largest absolute Gasteiger partial charge is 0.479 e. The Morgan fingerprint density at radius 3 is 2.75 bits per heavy atom. The second kappa shape index (κ2) is 5.21. The highest BCUT2D eigenvalue weighted by Crippen LogP contribution is 2.07. The molecule has 16 heavy (non-hydrogen) atoms. The fraction of sp³-hybridized carbons (Fsp3) is 0.500. The van der Waals surface area contributed by atoms with E-state index in [4.69, 9.17) is 5.11 Å². The average molecular weight is 228 g/mol. The monoisotopic (exact) mass is 228 g/mol. The van der Waals surface area contributed by atoms with E-state index >= 15 is 0 Å². The SMILES string of the molecule is CC(C)c1nc(C(=O)NOCC(=O)O)n[nH]1. The summed E-state index contributed by atoms with van der Waals surface area (Å²) in [5.74, 6) is -1.27. The van der Waals surface area contributed by atoms with Crippen LogP contribution in [0.4, 0.5) is 0 Å². The number of aromatic nitrogens is 3. The maximum Gasteiger partial charge on any atom is 0.332 e. The number of nitrogens with one attached hydrogen (secondary N) is 2. The minimum absolute atomic E-state index is 0.0888. The van der Waals surface area contributed by atoms with Crippen molar-refractivity contribution in [2.45, 2.75) is 19.8 Å². The normalized spacial score (nSPS) is 10.4. The number of H-pyrrole nitrogens is 1. The molecule has 0 aliphatic heterocycles. The third-order valence-electron chi connectivity index (χ3n) is 1.61. The van der Waals surface area contributed by atoms with Crippen LogP contribution in [0.15, 0.2) is 0 Å². The molecule has 0 aliphatic rings. The summed E-state index contributed by atoms with van der Waals surface area (Å²) in [6.45, 7) is 3.17. The van der Waals surface area contributed by atoms with Gasteiger partial charge < -0.3 is 5.11 Å². The Balaban J connectivity index is 2.49. The first-order valence-corrected chi connectivity index (χ1v) is 4.57. The van der Waals surface area contributed by atoms with Gasteiger partial charge in [0, 0.05) is 5.92 Å². The minimum atomic E-state index is -1.18. The number of carbonyl (C=O) groups excluding carboxylic acids is 1. The molecule has 8 heteroatoms. The van der Waals surface area contributed by atoms with Crippen molar-refractivity contribution in [2.75, 3.05) is 6.61 Å². The number of hydroxylamine groups is 1. The number of rotatable bonds is 5. The number of hydrogen-bond acceptors (Lipinski definition) is 5. The van der Waals surface area contributed by atoms with Crippen LogP contribution in [0, 0.1) is 0 Å². The van der Waals surface area contributed by atoms with Gasteiger partial charge in [0.15, 0.2) is 6.61 Å². The van der Waals surface area contributed by atoms with E-state index in [1.165, 1.54) is 0 Å². The molecule has 0 unspecified atom stereocenters. The summed E-state index contributed by atoms with van der Waals surface area (Å²) in [5, 5.41) is 14.5. The molecule has 0 bridgehead atoms. The third-order valence-corrected chi connectivity index (χ3v) is 1.61. The summed E-state index contributed by atoms with van der Waals surface area (Å²) < 4.78 is 0. The molecule has 88 valence electrons. The molecule has 0 aromatic carbocycles. The Hall–Kier alpha value is -1.96. The zero-order valence-corrected chi connectivity index (χ0v) is 8.85. The Kier molecular flexibility index (Phi) is 3.95. The van der Waals surface area contributed by atoms with Gasteiger partial charge >= 0.3 is 11.9 Å². The van der Waals surface area contributed by atoms with E-state index < -0.39 is 18.5 Å². The van der Waals surface area contributed by atoms with Crippen LogP contribution >= 0.6 is 0 Å². The van der Waals surface area contributed by atoms with Crippen LogP contribution in [0.25, 0.3) is 0 Å². The first-order valence-electron chi connectivity index (χ1n) is 4.57. The minimum Gasteiger partial charge on any atom is -0.479 e. The molecular weight excluding hydrogens is 216 g/mol. The molecule has 0 radical (unpaired) electrons. The summed E-state index contributed by atoms with van der Waals surface area (Å²) >= 11 is 0. The highest BCUT2D eigenvalue weighted by molar-refractivity contribution is 5.89. The van der Waals surface area contributed by atoms with Gasteiger partial charge in [0.2, 0.25) is 5.82 Å². The second-order valence-electron chi connectivity index (χ2n) is 3.31. The van der Waals surface area contributed by atoms with Gasteiger partial charge in [-0.3, -0.25) is 14.7 Å². The summed E-state index contributed by atoms with van der Waals surface area (Å²) in [5.41, 5.74) is 1.92. The van der Waals surface area contributed by atoms with E-state index in [0.717, 1.165) is 0 Å². The molecule has 8 nitrogen and oxygen atoms in total. The molecule has 0 fully saturated rings. The van der Waals surface area contributed by atoms with Gasteiger partial charge in [-0.2, -0.15) is 0 Å². The van der Waals surface area contributed by atoms with Gasteiger partial charge in [-0.05, 0) is 0 Å². The fourth-order valence-electron chi connectivity index (χ4n) is 0.843. The summed E-state index contributed by atoms with van der Waals surface area (Å²) in [4.78, 5) is 29.7. The first-order chi connectivity index (χ1) is 7.50. The highest BCUT2D eigenvalue weighted by atomic mass is 16.7. The number of carbonyl (C=O) groups is 2. The lowest BCUT2D eigenvalue weighted by Gasteiger charge is -1.99. The Bertz CT molecular complexity index is 387. The maximum atomic E-state index is 11.3. The number of carboxylic acid groups (broad SMARTS) is 1. The van der Waals surface area contributed by atoms with E-state index in [-0.39, 0.29) is 11.7 Å². The van der Waals surface area contributed by atoms with E-state index in [0.29, 0.717) is 5.82 Å². The second-order valence-corrected chi connectivity index (χ2v) is 3.31. The van der Waals surface area contributed by atoms with Gasteiger partial charge in [0.25, 0.3) is 0 Å². The molecule has 1 heterocycles. The lowest BCUT2D eigenvalue weighted by Crippen LogP contribution is -2.27. The zero-order valence-electron chi connectivity index (χ0n) is 8.85. The number of aliphatic carboxylic acids is 1. The van der Waals surface area contributed by atoms with Crippen molar-refractivity contribution in [3.8, 4) is 0 Å². The smallest absolute Gasteiger partial charge is 0.332 e. The van der Waals surface area contributed by atoms with Crippen molar-refractivity contribution < 1.29 is 19.5 Å². The molecule has 0 atom stereocenters. The standard InChI is InChI=1S/C8H12N4O4/c1-4(2)6-9-7(11-10-6)8(15)12-16-3-5(13)14/h4H,3H2,1-2H3,(H,12,15)(H,13,14)(H,9,10,11). The molecule has 1 aromatic heterocycles. The van der Waals surface area contributed by atoms with Gasteiger partial charge in [0.05, 0.1) is 0 Å². The van der Waals surface area contributed by atoms with E-state index in [1.54, 1.807) is 0 Å². The molecule has 3 N–H and O–H groups in total. The zero-order chi connectivity index (χ0) is 12.1. The predicted molar refractivity (Wildman–Crippen MR) is 51.5 cm³/mol. The molecule has 1 rings (SSSR count). The van der Waals surface area contributed by atoms with Crippen molar-refractivity contribution in [3.63, 3.8) is 0 Å². The summed E-state index contributed by atoms with van der Waals surface area (Å²) in [6.07, 6.45) is 0. The Labute approximate surface area is 91.0 Å². The lowest BCUT2D eigenvalue weighted by molar-refractivity contribution is -0.144. The van der Waals surface area contributed by atoms with E-state index in [1.807, 2.05) is 19.3 Å². The third kappa shape index (κ3) is 3.31. The number of hydrogen-bond donors (Lipinski definition) is 3. The number of aromatic amines is 1. The van der Waals surface area contributed by atoms with Crippen LogP contribution in [-0.2, 0) is 9.63 Å². The quantitative estimate of drug-likeness (QED) is 0.594. The average Bonchev–Trinajstić information content (AvgIpc) is 2.65. The van der Waals surface area contributed by atoms with Gasteiger partial charge in [-0.15, -0.1) is 5.10 Å². The molecule has 0 saturated carbocycles. The molecule has 0 saturated heterocycles. The Morgan fingerprint density at radius 1 is 1.56 bits per heavy atom. The van der Waals surface area contributed by atoms with Crippen LogP contribution in [0.5, 0.6) is 0 Å². The summed E-state index contributed by atoms with van der Waals surface area (Å²) in [7, 11) is 0. The summed E-state index contributed by atoms with van der Waals surface area (Å²) in [6, 6.07) is 0. The molecule has 0 spiro atoms. The first kappa shape index (κ1) is 12.1. The van der Waals surface area contributed by atoms with Gasteiger partial charge in [-0.1, -0.05) is 13.8 Å². The van der Waals surface area contributed by atoms with Crippen molar-refractivity contribution >= 4 is 11.9 Å². The lowest BCUT2D eigenvalue weighted by atomic mass is 10.2. The molecule has 0 aliphatic carbocycles. The molecule has 1 aromatic rings. The predicted octanol–water partition coefficient (Wildman–Crippen LogP) is -0.326. The van der Waals surface area contributed by atoms with E-state index in [2.05, 4.69) is 20.0 Å². The van der Waals surface area contributed by atoms with Crippen molar-refractivity contribution in [3.05, 3.63) is 11.6 Å². The van der Waals surface area contributed by atoms with E-state index in [9.17, 15) is 9.59 Å².